The van der Waals surface area contributed by atoms with Crippen molar-refractivity contribution in [3.8, 4) is 0 Å². The first-order valence-corrected chi connectivity index (χ1v) is 3.50. The quantitative estimate of drug-likeness (QED) is 0.402. The molecule has 0 amide bonds. The fourth-order valence-corrected chi connectivity index (χ4v) is 1.03. The number of aromatic nitrogens is 4. The second-order valence-electron chi connectivity index (χ2n) is 2.47. The van der Waals surface area contributed by atoms with Crippen molar-refractivity contribution in [1.82, 2.24) is 15.0 Å². The monoisotopic (exact) mass is 289 g/mol. The molecule has 2 aromatic heterocycles. The Bertz CT molecular complexity index is 390. The molecule has 0 bridgehead atoms. The number of nitrogen functional groups attached to an aromatic ring is 1. The molecule has 0 aliphatic rings. The van der Waals surface area contributed by atoms with Crippen molar-refractivity contribution in [2.24, 2.45) is 7.05 Å². The molecule has 0 spiro atoms. The number of nitrogens with zero attached hydrogens (tertiary/aromatic N) is 4. The van der Waals surface area contributed by atoms with Crippen LogP contribution in [0.1, 0.15) is 0 Å². The second-order valence-corrected chi connectivity index (χ2v) is 2.47. The molecule has 2 N–H and O–H groups in total. The fourth-order valence-electron chi connectivity index (χ4n) is 1.03. The van der Waals surface area contributed by atoms with E-state index in [1.807, 2.05) is 7.05 Å². The molecule has 0 saturated carbocycles. The molecule has 0 radical (unpaired) electrons. The highest BCUT2D eigenvalue weighted by atomic mass is 127. The molecule has 2 rings (SSSR count). The number of nitrogens with two attached hydrogens (primary N) is 1. The number of rotatable bonds is 0. The van der Waals surface area contributed by atoms with Crippen LogP contribution in [0.4, 0.5) is 5.82 Å². The molecule has 0 aromatic carbocycles. The maximum absolute atomic E-state index is 5.60. The van der Waals surface area contributed by atoms with Crippen molar-refractivity contribution in [2.75, 3.05) is 5.73 Å². The average molecular weight is 289 g/mol. The first-order valence-electron chi connectivity index (χ1n) is 3.50. The summed E-state index contributed by atoms with van der Waals surface area (Å²) in [6, 6.07) is 0. The summed E-state index contributed by atoms with van der Waals surface area (Å²) in [5.74, 6) is 0.413. The second kappa shape index (κ2) is 3.77. The van der Waals surface area contributed by atoms with Crippen LogP contribution in [0.25, 0.3) is 11.2 Å². The zero-order valence-corrected chi connectivity index (χ0v) is 9.13. The van der Waals surface area contributed by atoms with Crippen LogP contribution < -0.4 is 34.3 Å². The Morgan fingerprint density at radius 1 is 1.23 bits per heavy atom. The molecule has 2 aromatic rings. The summed E-state index contributed by atoms with van der Waals surface area (Å²) in [5, 5.41) is 0. The molecular weight excluding hydrogens is 281 g/mol. The van der Waals surface area contributed by atoms with Gasteiger partial charge < -0.3 is 29.7 Å². The highest BCUT2D eigenvalue weighted by Gasteiger charge is 2.09. The van der Waals surface area contributed by atoms with Gasteiger partial charge >= 0.3 is 0 Å². The predicted octanol–water partition coefficient (Wildman–Crippen LogP) is -3.56. The molecule has 0 aliphatic carbocycles. The highest BCUT2D eigenvalue weighted by molar-refractivity contribution is 5.77. The van der Waals surface area contributed by atoms with Crippen molar-refractivity contribution in [2.45, 2.75) is 0 Å². The van der Waals surface area contributed by atoms with Gasteiger partial charge in [0.2, 0.25) is 12.1 Å². The molecule has 2 heterocycles. The number of fused-ring (bicyclic) bond motifs is 1. The zero-order valence-electron chi connectivity index (χ0n) is 6.98. The van der Waals surface area contributed by atoms with Gasteiger partial charge in [-0.05, 0) is 0 Å². The van der Waals surface area contributed by atoms with Gasteiger partial charge in [0.25, 0.3) is 5.65 Å². The van der Waals surface area contributed by atoms with Crippen LogP contribution >= 0.6 is 0 Å². The number of anilines is 1. The third-order valence-electron chi connectivity index (χ3n) is 1.63. The normalized spacial score (nSPS) is 9.62. The van der Waals surface area contributed by atoms with Crippen LogP contribution in [-0.2, 0) is 7.05 Å². The van der Waals surface area contributed by atoms with Crippen LogP contribution in [-0.4, -0.2) is 15.0 Å². The average Bonchev–Trinajstić information content (AvgIpc) is 2.12. The van der Waals surface area contributed by atoms with Gasteiger partial charge in [-0.25, -0.2) is 9.55 Å². The van der Waals surface area contributed by atoms with E-state index in [-0.39, 0.29) is 24.0 Å². The van der Waals surface area contributed by atoms with E-state index in [1.54, 1.807) is 23.3 Å². The van der Waals surface area contributed by atoms with Gasteiger partial charge in [0.15, 0.2) is 5.52 Å². The molecule has 5 nitrogen and oxygen atoms in total. The minimum atomic E-state index is 0. The SMILES string of the molecule is C[n+]1cnc(N)c2nccnc21.[I-]. The maximum Gasteiger partial charge on any atom is 0.293 e. The van der Waals surface area contributed by atoms with Gasteiger partial charge in [-0.1, -0.05) is 4.98 Å². The lowest BCUT2D eigenvalue weighted by atomic mass is 10.4. The first-order chi connectivity index (χ1) is 5.79. The van der Waals surface area contributed by atoms with Gasteiger partial charge in [-0.15, -0.1) is 4.98 Å². The van der Waals surface area contributed by atoms with E-state index in [1.165, 1.54) is 0 Å². The topological polar surface area (TPSA) is 68.6 Å². The Morgan fingerprint density at radius 3 is 2.62 bits per heavy atom. The van der Waals surface area contributed by atoms with E-state index < -0.39 is 0 Å². The summed E-state index contributed by atoms with van der Waals surface area (Å²) in [7, 11) is 1.85. The fraction of sp³-hybridized carbons (Fsp3) is 0.143. The summed E-state index contributed by atoms with van der Waals surface area (Å²) in [4.78, 5) is 12.1. The number of aryl methyl sites for hydroxylation is 1. The maximum atomic E-state index is 5.60. The van der Waals surface area contributed by atoms with Gasteiger partial charge in [-0.2, -0.15) is 0 Å². The van der Waals surface area contributed by atoms with Crippen LogP contribution in [0.2, 0.25) is 0 Å². The lowest BCUT2D eigenvalue weighted by Crippen LogP contribution is -3.00. The van der Waals surface area contributed by atoms with Crippen molar-refractivity contribution in [1.29, 1.82) is 0 Å². The lowest BCUT2D eigenvalue weighted by molar-refractivity contribution is -0.649. The van der Waals surface area contributed by atoms with Crippen molar-refractivity contribution in [3.05, 3.63) is 18.7 Å². The minimum absolute atomic E-state index is 0. The van der Waals surface area contributed by atoms with Gasteiger partial charge in [0.1, 0.15) is 6.20 Å². The summed E-state index contributed by atoms with van der Waals surface area (Å²) in [5.41, 5.74) is 6.98. The third-order valence-corrected chi connectivity index (χ3v) is 1.63. The van der Waals surface area contributed by atoms with Gasteiger partial charge in [0, 0.05) is 0 Å². The number of hydrogen-bond acceptors (Lipinski definition) is 4. The van der Waals surface area contributed by atoms with Crippen LogP contribution in [0.15, 0.2) is 18.7 Å². The molecule has 13 heavy (non-hydrogen) atoms. The number of hydrogen-bond donors (Lipinski definition) is 1. The number of halogens is 1. The molecular formula is C7H8IN5. The smallest absolute Gasteiger partial charge is 0.293 e. The van der Waals surface area contributed by atoms with Gasteiger partial charge in [-0.3, -0.25) is 0 Å². The molecule has 0 aliphatic heterocycles. The van der Waals surface area contributed by atoms with E-state index in [4.69, 9.17) is 5.73 Å². The molecule has 6 heteroatoms. The Morgan fingerprint density at radius 2 is 1.92 bits per heavy atom. The van der Waals surface area contributed by atoms with Crippen LogP contribution in [0.3, 0.4) is 0 Å². The highest BCUT2D eigenvalue weighted by Crippen LogP contribution is 2.06. The third kappa shape index (κ3) is 1.67. The molecule has 0 unspecified atom stereocenters. The summed E-state index contributed by atoms with van der Waals surface area (Å²) >= 11 is 0. The Balaban J connectivity index is 0.000000845. The predicted molar refractivity (Wildman–Crippen MR) is 42.9 cm³/mol. The van der Waals surface area contributed by atoms with Crippen molar-refractivity contribution >= 4 is 17.0 Å². The molecule has 68 valence electrons. The largest absolute Gasteiger partial charge is 1.00 e. The summed E-state index contributed by atoms with van der Waals surface area (Å²) in [6.45, 7) is 0. The zero-order chi connectivity index (χ0) is 8.55. The molecule has 0 atom stereocenters. The van der Waals surface area contributed by atoms with Crippen LogP contribution in [0.5, 0.6) is 0 Å². The van der Waals surface area contributed by atoms with Crippen molar-refractivity contribution in [3.63, 3.8) is 0 Å². The minimum Gasteiger partial charge on any atom is -1.00 e. The van der Waals surface area contributed by atoms with E-state index in [0.717, 1.165) is 5.65 Å². The van der Waals surface area contributed by atoms with Crippen molar-refractivity contribution < 1.29 is 28.5 Å². The molecule has 0 saturated heterocycles. The summed E-state index contributed by atoms with van der Waals surface area (Å²) < 4.78 is 1.78. The molecule has 0 fully saturated rings. The van der Waals surface area contributed by atoms with E-state index in [2.05, 4.69) is 15.0 Å². The Labute approximate surface area is 92.1 Å². The van der Waals surface area contributed by atoms with E-state index in [0.29, 0.717) is 11.3 Å². The Hall–Kier alpha value is -1.05. The van der Waals surface area contributed by atoms with Crippen LogP contribution in [0, 0.1) is 0 Å². The van der Waals surface area contributed by atoms with E-state index in [9.17, 15) is 0 Å². The Kier molecular flexibility index (Phi) is 2.91. The van der Waals surface area contributed by atoms with Gasteiger partial charge in [0.05, 0.1) is 13.2 Å². The van der Waals surface area contributed by atoms with E-state index >= 15 is 0 Å². The lowest BCUT2D eigenvalue weighted by Gasteiger charge is -1.94. The first kappa shape index (κ1) is 10.0. The standard InChI is InChI=1S/C7H7N5.HI/c1-12-4-11-6(8)5-7(12)10-3-2-9-5;/h2-4,8H,1H3;1H. The summed E-state index contributed by atoms with van der Waals surface area (Å²) in [6.07, 6.45) is 4.84.